The zero-order chi connectivity index (χ0) is 14.9. The van der Waals surface area contributed by atoms with Gasteiger partial charge in [-0.3, -0.25) is 0 Å². The Kier molecular flexibility index (Phi) is 19.0. The summed E-state index contributed by atoms with van der Waals surface area (Å²) in [5, 5.41) is 8.89. The Morgan fingerprint density at radius 3 is 1.47 bits per heavy atom. The second-order valence-electron chi connectivity index (χ2n) is 5.63. The fourth-order valence-electron chi connectivity index (χ4n) is 1.97. The molecule has 0 aromatic rings. The van der Waals surface area contributed by atoms with E-state index in [0.717, 1.165) is 6.92 Å². The van der Waals surface area contributed by atoms with E-state index in [4.69, 9.17) is 9.90 Å². The fraction of sp³-hybridized carbons (Fsp3) is 0.938. The third-order valence-corrected chi connectivity index (χ3v) is 3.03. The average Bonchev–Trinajstić information content (AvgIpc) is 2.30. The van der Waals surface area contributed by atoms with E-state index in [0.29, 0.717) is 0 Å². The minimum absolute atomic E-state index is 0.972. The molecular weight excluding hydrogens is 238 g/mol. The Bertz CT molecular complexity index is 178. The van der Waals surface area contributed by atoms with E-state index in [9.17, 15) is 0 Å². The maximum absolute atomic E-state index is 8.89. The van der Waals surface area contributed by atoms with Crippen LogP contribution in [-0.4, -0.2) is 26.6 Å². The molecule has 0 aromatic heterocycles. The van der Waals surface area contributed by atoms with Crippen LogP contribution < -0.4 is 10.0 Å². The smallest absolute Gasteiger partial charge is 0.0766 e. The van der Waals surface area contributed by atoms with Crippen molar-refractivity contribution in [3.63, 3.8) is 0 Å². The van der Waals surface area contributed by atoms with E-state index in [1.807, 2.05) is 0 Å². The minimum atomic E-state index is -1.08. The van der Waals surface area contributed by atoms with Crippen LogP contribution >= 0.6 is 0 Å². The molecule has 3 heteroatoms. The summed E-state index contributed by atoms with van der Waals surface area (Å²) in [5.74, 6) is -1.08. The molecule has 1 N–H and O–H groups in total. The molecule has 0 fully saturated rings. The Labute approximate surface area is 120 Å². The number of rotatable bonds is 11. The Morgan fingerprint density at radius 2 is 1.16 bits per heavy atom. The van der Waals surface area contributed by atoms with Gasteiger partial charge in [-0.2, -0.15) is 0 Å². The molecule has 0 aliphatic heterocycles. The van der Waals surface area contributed by atoms with Crippen LogP contribution in [0, 0.1) is 0 Å². The Balaban J connectivity index is 0. The van der Waals surface area contributed by atoms with Gasteiger partial charge in [0.25, 0.3) is 0 Å². The Morgan fingerprint density at radius 1 is 0.842 bits per heavy atom. The van der Waals surface area contributed by atoms with Gasteiger partial charge in [0.05, 0.1) is 20.6 Å². The highest BCUT2D eigenvalue weighted by Crippen LogP contribution is 2.09. The summed E-state index contributed by atoms with van der Waals surface area (Å²) in [7, 11) is 4.49. The number of carboxylic acid groups (broad SMARTS) is 1. The van der Waals surface area contributed by atoms with Crippen molar-refractivity contribution in [2.24, 2.45) is 0 Å². The van der Waals surface area contributed by atoms with Gasteiger partial charge >= 0.3 is 0 Å². The first-order valence-electron chi connectivity index (χ1n) is 7.97. The molecule has 0 amide bonds. The highest BCUT2D eigenvalue weighted by atomic mass is 16.4. The number of quaternary nitrogens is 1. The summed E-state index contributed by atoms with van der Waals surface area (Å²) in [6.07, 6.45) is 14.5. The maximum atomic E-state index is 8.89. The van der Waals surface area contributed by atoms with Gasteiger partial charge in [0, 0.05) is 5.97 Å². The lowest BCUT2D eigenvalue weighted by Gasteiger charge is -2.06. The second kappa shape index (κ2) is 17.4. The summed E-state index contributed by atoms with van der Waals surface area (Å²) < 4.78 is 0. The first-order chi connectivity index (χ1) is 9.00. The molecule has 0 unspecified atom stereocenters. The van der Waals surface area contributed by atoms with E-state index in [-0.39, 0.29) is 0 Å². The molecule has 0 rings (SSSR count). The second-order valence-corrected chi connectivity index (χ2v) is 5.63. The predicted molar refractivity (Wildman–Crippen MR) is 80.2 cm³/mol. The number of carbonyl (C=O) groups excluding carboxylic acids is 1. The van der Waals surface area contributed by atoms with Gasteiger partial charge in [0.1, 0.15) is 0 Å². The van der Waals surface area contributed by atoms with Crippen LogP contribution in [0.5, 0.6) is 0 Å². The van der Waals surface area contributed by atoms with Crippen molar-refractivity contribution in [3.05, 3.63) is 0 Å². The molecule has 0 aliphatic rings. The molecule has 0 radical (unpaired) electrons. The SMILES string of the molecule is CC(=O)[O-].CCCCCCCCCCCC[NH+](C)C. The largest absolute Gasteiger partial charge is 0.550 e. The van der Waals surface area contributed by atoms with Crippen LogP contribution in [-0.2, 0) is 4.79 Å². The first kappa shape index (κ1) is 20.7. The molecule has 116 valence electrons. The number of carboxylic acids is 1. The topological polar surface area (TPSA) is 44.6 Å². The Hall–Kier alpha value is -0.570. The number of nitrogens with one attached hydrogen (secondary N) is 1. The van der Waals surface area contributed by atoms with Gasteiger partial charge in [-0.1, -0.05) is 58.3 Å². The van der Waals surface area contributed by atoms with Crippen molar-refractivity contribution in [3.8, 4) is 0 Å². The zero-order valence-corrected chi connectivity index (χ0v) is 13.6. The van der Waals surface area contributed by atoms with Crippen LogP contribution in [0.1, 0.15) is 78.1 Å². The third kappa shape index (κ3) is 31.8. The predicted octanol–water partition coefficient (Wildman–Crippen LogP) is 1.81. The van der Waals surface area contributed by atoms with Gasteiger partial charge in [0.15, 0.2) is 0 Å². The minimum Gasteiger partial charge on any atom is -0.550 e. The molecule has 0 aromatic carbocycles. The summed E-state index contributed by atoms with van der Waals surface area (Å²) >= 11 is 0. The maximum Gasteiger partial charge on any atom is 0.0766 e. The summed E-state index contributed by atoms with van der Waals surface area (Å²) in [6, 6.07) is 0. The molecule has 0 heterocycles. The van der Waals surface area contributed by atoms with E-state index in [1.165, 1.54) is 70.8 Å². The van der Waals surface area contributed by atoms with Crippen molar-refractivity contribution in [1.82, 2.24) is 0 Å². The van der Waals surface area contributed by atoms with Crippen LogP contribution in [0.2, 0.25) is 0 Å². The van der Waals surface area contributed by atoms with Crippen LogP contribution in [0.25, 0.3) is 0 Å². The van der Waals surface area contributed by atoms with Crippen molar-refractivity contribution < 1.29 is 14.8 Å². The number of aliphatic carboxylic acids is 1. The number of hydrogen-bond acceptors (Lipinski definition) is 2. The molecular formula is C16H35NO2. The molecule has 0 aliphatic carbocycles. The molecule has 0 spiro atoms. The normalized spacial score (nSPS) is 10.2. The van der Waals surface area contributed by atoms with Crippen LogP contribution in [0.4, 0.5) is 0 Å². The van der Waals surface area contributed by atoms with Crippen molar-refractivity contribution in [1.29, 1.82) is 0 Å². The highest BCUT2D eigenvalue weighted by Gasteiger charge is 1.94. The van der Waals surface area contributed by atoms with E-state index >= 15 is 0 Å². The monoisotopic (exact) mass is 273 g/mol. The van der Waals surface area contributed by atoms with Crippen LogP contribution in [0.15, 0.2) is 0 Å². The lowest BCUT2D eigenvalue weighted by molar-refractivity contribution is -0.858. The summed E-state index contributed by atoms with van der Waals surface area (Å²) in [5.41, 5.74) is 0. The van der Waals surface area contributed by atoms with E-state index in [1.54, 1.807) is 4.90 Å². The molecule has 19 heavy (non-hydrogen) atoms. The number of carbonyl (C=O) groups is 1. The van der Waals surface area contributed by atoms with E-state index < -0.39 is 5.97 Å². The van der Waals surface area contributed by atoms with Crippen molar-refractivity contribution in [2.75, 3.05) is 20.6 Å². The highest BCUT2D eigenvalue weighted by molar-refractivity contribution is 5.60. The number of unbranched alkanes of at least 4 members (excludes halogenated alkanes) is 9. The molecule has 3 nitrogen and oxygen atoms in total. The molecule has 0 saturated heterocycles. The van der Waals surface area contributed by atoms with Crippen molar-refractivity contribution >= 4 is 5.97 Å². The van der Waals surface area contributed by atoms with Gasteiger partial charge in [-0.15, -0.1) is 0 Å². The first-order valence-corrected chi connectivity index (χ1v) is 7.97. The molecule has 0 saturated carbocycles. The summed E-state index contributed by atoms with van der Waals surface area (Å²) in [4.78, 5) is 10.5. The average molecular weight is 273 g/mol. The third-order valence-electron chi connectivity index (χ3n) is 3.03. The van der Waals surface area contributed by atoms with Gasteiger partial charge < -0.3 is 14.8 Å². The van der Waals surface area contributed by atoms with Crippen LogP contribution in [0.3, 0.4) is 0 Å². The molecule has 0 bridgehead atoms. The molecule has 0 atom stereocenters. The van der Waals surface area contributed by atoms with Gasteiger partial charge in [-0.25, -0.2) is 0 Å². The standard InChI is InChI=1S/C14H31N.C2H4O2/c1-4-5-6-7-8-9-10-11-12-13-14-15(2)3;1-2(3)4/h4-14H2,1-3H3;1H3,(H,3,4). The van der Waals surface area contributed by atoms with Gasteiger partial charge in [-0.05, 0) is 19.8 Å². The quantitative estimate of drug-likeness (QED) is 0.584. The lowest BCUT2D eigenvalue weighted by Crippen LogP contribution is -3.05. The fourth-order valence-corrected chi connectivity index (χ4v) is 1.97. The van der Waals surface area contributed by atoms with Gasteiger partial charge in [0.2, 0.25) is 0 Å². The zero-order valence-electron chi connectivity index (χ0n) is 13.6. The lowest BCUT2D eigenvalue weighted by atomic mass is 10.1. The number of hydrogen-bond donors (Lipinski definition) is 1. The summed E-state index contributed by atoms with van der Waals surface area (Å²) in [6.45, 7) is 4.60. The van der Waals surface area contributed by atoms with Crippen molar-refractivity contribution in [2.45, 2.75) is 78.1 Å². The van der Waals surface area contributed by atoms with E-state index in [2.05, 4.69) is 21.0 Å².